The normalized spacial score (nSPS) is 35.1. The summed E-state index contributed by atoms with van der Waals surface area (Å²) in [5.41, 5.74) is 1.48. The van der Waals surface area contributed by atoms with Gasteiger partial charge in [0.15, 0.2) is 5.79 Å². The van der Waals surface area contributed by atoms with Crippen LogP contribution in [0.15, 0.2) is 30.3 Å². The van der Waals surface area contributed by atoms with Gasteiger partial charge in [0.05, 0.1) is 25.9 Å². The number of hydrogen-bond donors (Lipinski definition) is 0. The predicted octanol–water partition coefficient (Wildman–Crippen LogP) is 3.38. The first-order chi connectivity index (χ1) is 9.49. The Balaban J connectivity index is 1.45. The molecule has 2 aliphatic rings. The van der Waals surface area contributed by atoms with E-state index in [2.05, 4.69) is 19.1 Å². The summed E-state index contributed by atoms with van der Waals surface area (Å²) >= 11 is 0. The maximum Gasteiger partial charge on any atom is 0.163 e. The van der Waals surface area contributed by atoms with E-state index in [0.29, 0.717) is 19.1 Å². The highest BCUT2D eigenvalue weighted by molar-refractivity contribution is 5.13. The minimum atomic E-state index is -0.418. The Morgan fingerprint density at radius 1 is 1.20 bits per heavy atom. The Bertz CT molecular complexity index is 457. The number of benzene rings is 1. The topological polar surface area (TPSA) is 27.7 Å². The van der Waals surface area contributed by atoms with Crippen molar-refractivity contribution in [2.24, 2.45) is 11.3 Å². The fourth-order valence-corrected chi connectivity index (χ4v) is 3.08. The molecule has 1 saturated heterocycles. The van der Waals surface area contributed by atoms with Crippen LogP contribution in [0.4, 0.5) is 0 Å². The summed E-state index contributed by atoms with van der Waals surface area (Å²) in [7, 11) is 0. The van der Waals surface area contributed by atoms with Gasteiger partial charge < -0.3 is 14.2 Å². The van der Waals surface area contributed by atoms with Gasteiger partial charge >= 0.3 is 0 Å². The highest BCUT2D eigenvalue weighted by atomic mass is 16.7. The van der Waals surface area contributed by atoms with Crippen LogP contribution in [0, 0.1) is 11.3 Å². The van der Waals surface area contributed by atoms with E-state index < -0.39 is 5.79 Å². The van der Waals surface area contributed by atoms with E-state index in [9.17, 15) is 0 Å². The van der Waals surface area contributed by atoms with Crippen molar-refractivity contribution < 1.29 is 14.2 Å². The standard InChI is InChI=1S/C17H24O3/c1-16(2)19-11-15(20-16)14-9-17(14,3)12-18-10-13-7-5-4-6-8-13/h4-8,14-15H,9-12H2,1-3H3/t14-,15+,17+/m0/s1. The van der Waals surface area contributed by atoms with E-state index in [1.807, 2.05) is 32.0 Å². The SMILES string of the molecule is CC1(C)OC[C@H]([C@@H]2C[C@]2(C)COCc2ccccc2)O1. The molecule has 1 saturated carbocycles. The molecule has 3 nitrogen and oxygen atoms in total. The molecule has 1 aromatic rings. The fourth-order valence-electron chi connectivity index (χ4n) is 3.08. The first kappa shape index (κ1) is 14.1. The van der Waals surface area contributed by atoms with Crippen molar-refractivity contribution in [3.63, 3.8) is 0 Å². The molecule has 1 heterocycles. The molecule has 0 aromatic heterocycles. The van der Waals surface area contributed by atoms with E-state index in [1.54, 1.807) is 0 Å². The monoisotopic (exact) mass is 276 g/mol. The van der Waals surface area contributed by atoms with Crippen molar-refractivity contribution >= 4 is 0 Å². The molecule has 0 unspecified atom stereocenters. The molecule has 20 heavy (non-hydrogen) atoms. The second-order valence-electron chi connectivity index (χ2n) is 6.81. The predicted molar refractivity (Wildman–Crippen MR) is 77.2 cm³/mol. The van der Waals surface area contributed by atoms with Gasteiger partial charge in [-0.2, -0.15) is 0 Å². The summed E-state index contributed by atoms with van der Waals surface area (Å²) in [5.74, 6) is 0.152. The second kappa shape index (κ2) is 5.14. The summed E-state index contributed by atoms with van der Waals surface area (Å²) in [6.07, 6.45) is 1.40. The molecule has 1 aromatic carbocycles. The number of rotatable bonds is 5. The zero-order chi connectivity index (χ0) is 14.2. The van der Waals surface area contributed by atoms with Crippen molar-refractivity contribution in [3.8, 4) is 0 Å². The highest BCUT2D eigenvalue weighted by Crippen LogP contribution is 2.56. The summed E-state index contributed by atoms with van der Waals surface area (Å²) in [6, 6.07) is 10.3. The third-order valence-electron chi connectivity index (χ3n) is 4.44. The Morgan fingerprint density at radius 3 is 2.60 bits per heavy atom. The van der Waals surface area contributed by atoms with Gasteiger partial charge in [0.2, 0.25) is 0 Å². The van der Waals surface area contributed by atoms with Crippen LogP contribution in [0.25, 0.3) is 0 Å². The van der Waals surface area contributed by atoms with Crippen molar-refractivity contribution in [1.29, 1.82) is 0 Å². The summed E-state index contributed by atoms with van der Waals surface area (Å²) in [4.78, 5) is 0. The number of hydrogen-bond acceptors (Lipinski definition) is 3. The molecule has 2 fully saturated rings. The second-order valence-corrected chi connectivity index (χ2v) is 6.81. The maximum atomic E-state index is 5.95. The Labute approximate surface area is 121 Å². The van der Waals surface area contributed by atoms with Crippen LogP contribution in [0.2, 0.25) is 0 Å². The third kappa shape index (κ3) is 3.05. The largest absolute Gasteiger partial charge is 0.376 e. The molecule has 1 aliphatic heterocycles. The molecule has 0 radical (unpaired) electrons. The van der Waals surface area contributed by atoms with Crippen LogP contribution in [-0.2, 0) is 20.8 Å². The van der Waals surface area contributed by atoms with Crippen LogP contribution >= 0.6 is 0 Å². The van der Waals surface area contributed by atoms with Gasteiger partial charge in [-0.25, -0.2) is 0 Å². The van der Waals surface area contributed by atoms with Crippen molar-refractivity contribution in [1.82, 2.24) is 0 Å². The van der Waals surface area contributed by atoms with Gasteiger partial charge in [0.1, 0.15) is 0 Å². The fraction of sp³-hybridized carbons (Fsp3) is 0.647. The van der Waals surface area contributed by atoms with E-state index in [1.165, 1.54) is 12.0 Å². The van der Waals surface area contributed by atoms with Gasteiger partial charge in [0.25, 0.3) is 0 Å². The lowest BCUT2D eigenvalue weighted by Gasteiger charge is -2.19. The molecule has 110 valence electrons. The third-order valence-corrected chi connectivity index (χ3v) is 4.44. The first-order valence-corrected chi connectivity index (χ1v) is 7.42. The molecular formula is C17H24O3. The van der Waals surface area contributed by atoms with E-state index in [0.717, 1.165) is 6.61 Å². The Hall–Kier alpha value is -0.900. The molecule has 0 bridgehead atoms. The lowest BCUT2D eigenvalue weighted by atomic mass is 10.0. The zero-order valence-electron chi connectivity index (χ0n) is 12.6. The van der Waals surface area contributed by atoms with Crippen LogP contribution in [0.1, 0.15) is 32.8 Å². The van der Waals surface area contributed by atoms with Gasteiger partial charge in [-0.15, -0.1) is 0 Å². The Kier molecular flexibility index (Phi) is 3.61. The number of ether oxygens (including phenoxy) is 3. The minimum Gasteiger partial charge on any atom is -0.376 e. The maximum absolute atomic E-state index is 5.95. The molecule has 0 amide bonds. The van der Waals surface area contributed by atoms with Gasteiger partial charge in [-0.1, -0.05) is 37.3 Å². The quantitative estimate of drug-likeness (QED) is 0.825. The van der Waals surface area contributed by atoms with Crippen LogP contribution in [0.3, 0.4) is 0 Å². The minimum absolute atomic E-state index is 0.232. The average Bonchev–Trinajstić information content (AvgIpc) is 2.94. The lowest BCUT2D eigenvalue weighted by molar-refractivity contribution is -0.142. The van der Waals surface area contributed by atoms with Crippen LogP contribution in [-0.4, -0.2) is 25.1 Å². The lowest BCUT2D eigenvalue weighted by Crippen LogP contribution is -2.24. The van der Waals surface area contributed by atoms with E-state index in [-0.39, 0.29) is 11.5 Å². The summed E-state index contributed by atoms with van der Waals surface area (Å²) in [5, 5.41) is 0. The highest BCUT2D eigenvalue weighted by Gasteiger charge is 2.57. The van der Waals surface area contributed by atoms with Gasteiger partial charge in [-0.05, 0) is 37.2 Å². The van der Waals surface area contributed by atoms with E-state index in [4.69, 9.17) is 14.2 Å². The van der Waals surface area contributed by atoms with Crippen molar-refractivity contribution in [3.05, 3.63) is 35.9 Å². The van der Waals surface area contributed by atoms with Crippen LogP contribution < -0.4 is 0 Å². The molecule has 3 rings (SSSR count). The molecule has 0 spiro atoms. The van der Waals surface area contributed by atoms with Crippen molar-refractivity contribution in [2.45, 2.75) is 45.7 Å². The Morgan fingerprint density at radius 2 is 1.95 bits per heavy atom. The molecule has 1 aliphatic carbocycles. The zero-order valence-corrected chi connectivity index (χ0v) is 12.6. The summed E-state index contributed by atoms with van der Waals surface area (Å²) in [6.45, 7) is 8.46. The average molecular weight is 276 g/mol. The first-order valence-electron chi connectivity index (χ1n) is 7.42. The summed E-state index contributed by atoms with van der Waals surface area (Å²) < 4.78 is 17.5. The van der Waals surface area contributed by atoms with Crippen LogP contribution in [0.5, 0.6) is 0 Å². The molecule has 0 N–H and O–H groups in total. The van der Waals surface area contributed by atoms with E-state index >= 15 is 0 Å². The van der Waals surface area contributed by atoms with Crippen molar-refractivity contribution in [2.75, 3.05) is 13.2 Å². The molecule has 3 atom stereocenters. The smallest absolute Gasteiger partial charge is 0.163 e. The van der Waals surface area contributed by atoms with Gasteiger partial charge in [0, 0.05) is 0 Å². The molecular weight excluding hydrogens is 252 g/mol. The molecule has 3 heteroatoms. The van der Waals surface area contributed by atoms with Gasteiger partial charge in [-0.3, -0.25) is 0 Å².